The van der Waals surface area contributed by atoms with Crippen LogP contribution in [0.5, 0.6) is 17.2 Å². The minimum atomic E-state index is -1.01. The Bertz CT molecular complexity index is 818. The van der Waals surface area contributed by atoms with Gasteiger partial charge in [0.1, 0.15) is 17.2 Å². The minimum Gasteiger partial charge on any atom is -0.496 e. The molecule has 27 heavy (non-hydrogen) atoms. The SMILES string of the molecule is COc1ccc(OCC(=O)NCCc2ccc(C(=O)O)cc2OC)cc1C. The van der Waals surface area contributed by atoms with Gasteiger partial charge in [0.15, 0.2) is 6.61 Å². The Kier molecular flexibility index (Phi) is 7.05. The van der Waals surface area contributed by atoms with E-state index in [1.54, 1.807) is 31.4 Å². The van der Waals surface area contributed by atoms with E-state index in [1.165, 1.54) is 19.2 Å². The number of rotatable bonds is 9. The Labute approximate surface area is 157 Å². The van der Waals surface area contributed by atoms with E-state index in [0.717, 1.165) is 16.9 Å². The van der Waals surface area contributed by atoms with Crippen molar-refractivity contribution in [1.82, 2.24) is 5.32 Å². The minimum absolute atomic E-state index is 0.0964. The van der Waals surface area contributed by atoms with Gasteiger partial charge in [-0.05, 0) is 54.8 Å². The summed E-state index contributed by atoms with van der Waals surface area (Å²) in [4.78, 5) is 22.9. The fourth-order valence-electron chi connectivity index (χ4n) is 2.56. The van der Waals surface area contributed by atoms with Crippen molar-refractivity contribution in [1.29, 1.82) is 0 Å². The van der Waals surface area contributed by atoms with Gasteiger partial charge in [-0.1, -0.05) is 6.07 Å². The van der Waals surface area contributed by atoms with Gasteiger partial charge in [0.25, 0.3) is 5.91 Å². The number of nitrogens with one attached hydrogen (secondary N) is 1. The van der Waals surface area contributed by atoms with Crippen LogP contribution in [0.15, 0.2) is 36.4 Å². The number of amides is 1. The van der Waals surface area contributed by atoms with Gasteiger partial charge in [0.2, 0.25) is 0 Å². The number of aryl methyl sites for hydroxylation is 1. The molecule has 0 radical (unpaired) electrons. The molecule has 0 aliphatic carbocycles. The summed E-state index contributed by atoms with van der Waals surface area (Å²) in [7, 11) is 3.08. The number of carbonyl (C=O) groups is 2. The first-order valence-corrected chi connectivity index (χ1v) is 8.39. The summed E-state index contributed by atoms with van der Waals surface area (Å²) in [5.74, 6) is 0.571. The number of hydrogen-bond acceptors (Lipinski definition) is 5. The molecule has 0 atom stereocenters. The monoisotopic (exact) mass is 373 g/mol. The van der Waals surface area contributed by atoms with E-state index >= 15 is 0 Å². The number of aromatic carboxylic acids is 1. The molecule has 144 valence electrons. The topological polar surface area (TPSA) is 94.1 Å². The number of hydrogen-bond donors (Lipinski definition) is 2. The van der Waals surface area contributed by atoms with Crippen LogP contribution in [0.25, 0.3) is 0 Å². The molecular formula is C20H23NO6. The molecule has 2 aromatic carbocycles. The predicted molar refractivity (Wildman–Crippen MR) is 99.9 cm³/mol. The Balaban J connectivity index is 1.82. The Morgan fingerprint density at radius 2 is 1.78 bits per heavy atom. The molecule has 7 heteroatoms. The van der Waals surface area contributed by atoms with Crippen molar-refractivity contribution in [2.24, 2.45) is 0 Å². The lowest BCUT2D eigenvalue weighted by Gasteiger charge is -2.11. The van der Waals surface area contributed by atoms with E-state index in [4.69, 9.17) is 19.3 Å². The zero-order valence-corrected chi connectivity index (χ0v) is 15.6. The first kappa shape index (κ1) is 20.1. The van der Waals surface area contributed by atoms with E-state index in [2.05, 4.69) is 5.32 Å². The molecule has 2 aromatic rings. The standard InChI is InChI=1S/C20H23NO6/c1-13-10-16(6-7-17(13)25-2)27-12-19(22)21-9-8-14-4-5-15(20(23)24)11-18(14)26-3/h4-7,10-11H,8-9,12H2,1-3H3,(H,21,22)(H,23,24). The summed E-state index contributed by atoms with van der Waals surface area (Å²) in [6.45, 7) is 2.18. The number of benzene rings is 2. The highest BCUT2D eigenvalue weighted by Gasteiger charge is 2.10. The van der Waals surface area contributed by atoms with Gasteiger partial charge in [-0.3, -0.25) is 4.79 Å². The number of carboxylic acid groups (broad SMARTS) is 1. The molecule has 0 saturated carbocycles. The Hall–Kier alpha value is -3.22. The van der Waals surface area contributed by atoms with E-state index in [0.29, 0.717) is 24.5 Å². The van der Waals surface area contributed by atoms with Crippen LogP contribution in [0.1, 0.15) is 21.5 Å². The molecule has 7 nitrogen and oxygen atoms in total. The fourth-order valence-corrected chi connectivity index (χ4v) is 2.56. The van der Waals surface area contributed by atoms with Crippen molar-refractivity contribution in [3.05, 3.63) is 53.1 Å². The van der Waals surface area contributed by atoms with Gasteiger partial charge >= 0.3 is 5.97 Å². The zero-order chi connectivity index (χ0) is 19.8. The van der Waals surface area contributed by atoms with Crippen LogP contribution in [-0.4, -0.2) is 44.4 Å². The van der Waals surface area contributed by atoms with Gasteiger partial charge in [-0.25, -0.2) is 4.79 Å². The lowest BCUT2D eigenvalue weighted by molar-refractivity contribution is -0.123. The Morgan fingerprint density at radius 3 is 2.41 bits per heavy atom. The average Bonchev–Trinajstić information content (AvgIpc) is 2.66. The first-order chi connectivity index (χ1) is 12.9. The van der Waals surface area contributed by atoms with Crippen molar-refractivity contribution >= 4 is 11.9 Å². The van der Waals surface area contributed by atoms with E-state index < -0.39 is 5.97 Å². The second-order valence-corrected chi connectivity index (χ2v) is 5.85. The fraction of sp³-hybridized carbons (Fsp3) is 0.300. The molecule has 2 N–H and O–H groups in total. The third-order valence-electron chi connectivity index (χ3n) is 3.99. The van der Waals surface area contributed by atoms with Crippen LogP contribution >= 0.6 is 0 Å². The van der Waals surface area contributed by atoms with Crippen LogP contribution in [0.4, 0.5) is 0 Å². The molecule has 0 aliphatic rings. The van der Waals surface area contributed by atoms with Crippen LogP contribution in [0.3, 0.4) is 0 Å². The number of carbonyl (C=O) groups excluding carboxylic acids is 1. The first-order valence-electron chi connectivity index (χ1n) is 8.39. The van der Waals surface area contributed by atoms with Crippen molar-refractivity contribution < 1.29 is 28.9 Å². The highest BCUT2D eigenvalue weighted by Crippen LogP contribution is 2.23. The Morgan fingerprint density at radius 1 is 1.04 bits per heavy atom. The number of carboxylic acids is 1. The second-order valence-electron chi connectivity index (χ2n) is 5.85. The van der Waals surface area contributed by atoms with E-state index in [9.17, 15) is 9.59 Å². The maximum atomic E-state index is 11.9. The summed E-state index contributed by atoms with van der Waals surface area (Å²) in [6.07, 6.45) is 0.510. The molecule has 2 rings (SSSR count). The second kappa shape index (κ2) is 9.47. The lowest BCUT2D eigenvalue weighted by atomic mass is 10.1. The number of methoxy groups -OCH3 is 2. The van der Waals surface area contributed by atoms with Gasteiger partial charge < -0.3 is 24.6 Å². The molecule has 0 saturated heterocycles. The zero-order valence-electron chi connectivity index (χ0n) is 15.6. The molecule has 0 spiro atoms. The van der Waals surface area contributed by atoms with Crippen molar-refractivity contribution in [2.45, 2.75) is 13.3 Å². The van der Waals surface area contributed by atoms with Crippen molar-refractivity contribution in [3.8, 4) is 17.2 Å². The lowest BCUT2D eigenvalue weighted by Crippen LogP contribution is -2.30. The maximum Gasteiger partial charge on any atom is 0.335 e. The summed E-state index contributed by atoms with van der Waals surface area (Å²) in [5.41, 5.74) is 1.89. The van der Waals surface area contributed by atoms with Gasteiger partial charge in [0.05, 0.1) is 19.8 Å². The van der Waals surface area contributed by atoms with Crippen LogP contribution in [-0.2, 0) is 11.2 Å². The smallest absolute Gasteiger partial charge is 0.335 e. The molecule has 0 fully saturated rings. The summed E-state index contributed by atoms with van der Waals surface area (Å²) >= 11 is 0. The summed E-state index contributed by atoms with van der Waals surface area (Å²) in [6, 6.07) is 10.0. The third kappa shape index (κ3) is 5.64. The molecule has 0 bridgehead atoms. The predicted octanol–water partition coefficient (Wildman–Crippen LogP) is 2.45. The van der Waals surface area contributed by atoms with Gasteiger partial charge in [-0.2, -0.15) is 0 Å². The normalized spacial score (nSPS) is 10.2. The summed E-state index contributed by atoms with van der Waals surface area (Å²) < 4.78 is 15.9. The summed E-state index contributed by atoms with van der Waals surface area (Å²) in [5, 5.41) is 11.8. The van der Waals surface area contributed by atoms with E-state index in [-0.39, 0.29) is 18.1 Å². The van der Waals surface area contributed by atoms with Crippen molar-refractivity contribution in [2.75, 3.05) is 27.4 Å². The van der Waals surface area contributed by atoms with E-state index in [1.807, 2.05) is 6.92 Å². The maximum absolute atomic E-state index is 11.9. The van der Waals surface area contributed by atoms with Gasteiger partial charge in [0, 0.05) is 6.54 Å². The molecule has 0 aliphatic heterocycles. The molecule has 0 unspecified atom stereocenters. The van der Waals surface area contributed by atoms with Crippen LogP contribution < -0.4 is 19.5 Å². The van der Waals surface area contributed by atoms with Gasteiger partial charge in [-0.15, -0.1) is 0 Å². The van der Waals surface area contributed by atoms with Crippen molar-refractivity contribution in [3.63, 3.8) is 0 Å². The number of ether oxygens (including phenoxy) is 3. The molecule has 1 amide bonds. The highest BCUT2D eigenvalue weighted by molar-refractivity contribution is 5.88. The van der Waals surface area contributed by atoms with Crippen LogP contribution in [0.2, 0.25) is 0 Å². The average molecular weight is 373 g/mol. The molecule has 0 heterocycles. The quantitative estimate of drug-likeness (QED) is 0.701. The van der Waals surface area contributed by atoms with Crippen LogP contribution in [0, 0.1) is 6.92 Å². The largest absolute Gasteiger partial charge is 0.496 e. The highest BCUT2D eigenvalue weighted by atomic mass is 16.5. The molecule has 0 aromatic heterocycles. The third-order valence-corrected chi connectivity index (χ3v) is 3.99. The molecular weight excluding hydrogens is 350 g/mol.